The second-order valence-corrected chi connectivity index (χ2v) is 4.46. The van der Waals surface area contributed by atoms with E-state index in [4.69, 9.17) is 4.74 Å². The number of carbonyl (C=O) groups is 1. The van der Waals surface area contributed by atoms with Crippen LogP contribution in [0.5, 0.6) is 5.75 Å². The Bertz CT molecular complexity index is 425. The number of phenols is 1. The van der Waals surface area contributed by atoms with E-state index in [9.17, 15) is 9.90 Å². The molecule has 1 N–H and O–H groups in total. The number of benzene rings is 1. The van der Waals surface area contributed by atoms with Gasteiger partial charge in [-0.15, -0.1) is 0 Å². The van der Waals surface area contributed by atoms with E-state index in [0.29, 0.717) is 6.61 Å². The van der Waals surface area contributed by atoms with Crippen LogP contribution in [0.3, 0.4) is 0 Å². The number of carbonyl (C=O) groups excluding carboxylic acids is 1. The van der Waals surface area contributed by atoms with Gasteiger partial charge in [0, 0.05) is 5.92 Å². The lowest BCUT2D eigenvalue weighted by molar-refractivity contribution is -0.149. The van der Waals surface area contributed by atoms with Crippen LogP contribution in [0.25, 0.3) is 0 Å². The van der Waals surface area contributed by atoms with Crippen LogP contribution in [0.4, 0.5) is 0 Å². The normalized spacial score (nSPS) is 19.1. The summed E-state index contributed by atoms with van der Waals surface area (Å²) < 4.78 is 5.10. The van der Waals surface area contributed by atoms with Crippen LogP contribution in [0, 0.1) is 5.92 Å². The van der Waals surface area contributed by atoms with Crippen molar-refractivity contribution in [3.8, 4) is 5.75 Å². The van der Waals surface area contributed by atoms with Crippen LogP contribution >= 0.6 is 0 Å². The van der Waals surface area contributed by atoms with Gasteiger partial charge >= 0.3 is 5.97 Å². The van der Waals surface area contributed by atoms with Gasteiger partial charge in [-0.2, -0.15) is 0 Å². The first-order valence-corrected chi connectivity index (χ1v) is 6.15. The SMILES string of the molecule is CCOC(=O)C(CC)C1Cc2ccc(O)cc21. The van der Waals surface area contributed by atoms with Crippen molar-refractivity contribution in [1.82, 2.24) is 0 Å². The van der Waals surface area contributed by atoms with Gasteiger partial charge in [0.05, 0.1) is 12.5 Å². The summed E-state index contributed by atoms with van der Waals surface area (Å²) in [6, 6.07) is 5.39. The molecule has 0 aliphatic heterocycles. The van der Waals surface area contributed by atoms with E-state index in [1.54, 1.807) is 12.1 Å². The average Bonchev–Trinajstić information content (AvgIpc) is 2.29. The number of rotatable bonds is 4. The summed E-state index contributed by atoms with van der Waals surface area (Å²) >= 11 is 0. The average molecular weight is 234 g/mol. The fourth-order valence-electron chi connectivity index (χ4n) is 2.55. The molecule has 1 aliphatic carbocycles. The summed E-state index contributed by atoms with van der Waals surface area (Å²) in [7, 11) is 0. The predicted molar refractivity (Wildman–Crippen MR) is 65.0 cm³/mol. The summed E-state index contributed by atoms with van der Waals surface area (Å²) in [5.74, 6) is 0.284. The van der Waals surface area contributed by atoms with Crippen LogP contribution in [0.15, 0.2) is 18.2 Å². The largest absolute Gasteiger partial charge is 0.508 e. The second kappa shape index (κ2) is 4.78. The van der Waals surface area contributed by atoms with Crippen LogP contribution in [-0.2, 0) is 16.0 Å². The number of esters is 1. The molecule has 0 saturated heterocycles. The maximum absolute atomic E-state index is 11.8. The van der Waals surface area contributed by atoms with Crippen molar-refractivity contribution in [1.29, 1.82) is 0 Å². The van der Waals surface area contributed by atoms with E-state index in [2.05, 4.69) is 0 Å². The predicted octanol–water partition coefficient (Wildman–Crippen LogP) is 2.62. The highest BCUT2D eigenvalue weighted by Gasteiger charge is 2.36. The molecule has 0 spiro atoms. The van der Waals surface area contributed by atoms with Crippen molar-refractivity contribution in [3.63, 3.8) is 0 Å². The third-order valence-corrected chi connectivity index (χ3v) is 3.48. The molecule has 0 heterocycles. The molecule has 17 heavy (non-hydrogen) atoms. The van der Waals surface area contributed by atoms with E-state index >= 15 is 0 Å². The Hall–Kier alpha value is -1.51. The minimum absolute atomic E-state index is 0.0794. The molecular weight excluding hydrogens is 216 g/mol. The lowest BCUT2D eigenvalue weighted by Gasteiger charge is -2.35. The Balaban J connectivity index is 2.16. The molecule has 2 unspecified atom stereocenters. The second-order valence-electron chi connectivity index (χ2n) is 4.46. The third kappa shape index (κ3) is 2.14. The maximum atomic E-state index is 11.8. The molecule has 1 aromatic rings. The van der Waals surface area contributed by atoms with Crippen LogP contribution in [-0.4, -0.2) is 17.7 Å². The summed E-state index contributed by atoms with van der Waals surface area (Å²) in [5.41, 5.74) is 2.33. The van der Waals surface area contributed by atoms with Crippen molar-refractivity contribution in [3.05, 3.63) is 29.3 Å². The number of ether oxygens (including phenoxy) is 1. The molecule has 2 atom stereocenters. The summed E-state index contributed by atoms with van der Waals surface area (Å²) in [6.07, 6.45) is 1.69. The molecule has 3 nitrogen and oxygen atoms in total. The number of phenolic OH excluding ortho intramolecular Hbond substituents is 1. The minimum Gasteiger partial charge on any atom is -0.508 e. The van der Waals surface area contributed by atoms with E-state index < -0.39 is 0 Å². The van der Waals surface area contributed by atoms with E-state index in [1.807, 2.05) is 19.9 Å². The zero-order chi connectivity index (χ0) is 12.4. The number of hydrogen-bond acceptors (Lipinski definition) is 3. The van der Waals surface area contributed by atoms with Gasteiger partial charge in [0.15, 0.2) is 0 Å². The molecular formula is C14H18O3. The smallest absolute Gasteiger partial charge is 0.309 e. The molecule has 0 aromatic heterocycles. The maximum Gasteiger partial charge on any atom is 0.309 e. The fourth-order valence-corrected chi connectivity index (χ4v) is 2.55. The lowest BCUT2D eigenvalue weighted by Crippen LogP contribution is -2.31. The molecule has 2 rings (SSSR count). The topological polar surface area (TPSA) is 46.5 Å². The minimum atomic E-state index is -0.117. The molecule has 92 valence electrons. The third-order valence-electron chi connectivity index (χ3n) is 3.48. The van der Waals surface area contributed by atoms with Crippen LogP contribution in [0.1, 0.15) is 37.3 Å². The number of fused-ring (bicyclic) bond motifs is 1. The number of aromatic hydroxyl groups is 1. The van der Waals surface area contributed by atoms with Crippen molar-refractivity contribution in [2.75, 3.05) is 6.61 Å². The quantitative estimate of drug-likeness (QED) is 0.814. The number of hydrogen-bond donors (Lipinski definition) is 1. The van der Waals surface area contributed by atoms with E-state index in [0.717, 1.165) is 18.4 Å². The van der Waals surface area contributed by atoms with Gasteiger partial charge in [-0.05, 0) is 43.0 Å². The van der Waals surface area contributed by atoms with Gasteiger partial charge in [-0.3, -0.25) is 4.79 Å². The molecule has 0 bridgehead atoms. The Kier molecular flexibility index (Phi) is 3.36. The van der Waals surface area contributed by atoms with E-state index in [-0.39, 0.29) is 23.6 Å². The lowest BCUT2D eigenvalue weighted by atomic mass is 9.69. The Labute approximate surface area is 101 Å². The van der Waals surface area contributed by atoms with Gasteiger partial charge in [0.1, 0.15) is 5.75 Å². The van der Waals surface area contributed by atoms with Gasteiger partial charge < -0.3 is 9.84 Å². The van der Waals surface area contributed by atoms with Gasteiger partial charge in [-0.25, -0.2) is 0 Å². The van der Waals surface area contributed by atoms with Gasteiger partial charge in [0.25, 0.3) is 0 Å². The molecule has 0 saturated carbocycles. The first kappa shape index (κ1) is 12.0. The van der Waals surface area contributed by atoms with Crippen LogP contribution in [0.2, 0.25) is 0 Å². The molecule has 3 heteroatoms. The Morgan fingerprint density at radius 2 is 2.29 bits per heavy atom. The zero-order valence-electron chi connectivity index (χ0n) is 10.3. The Morgan fingerprint density at radius 1 is 1.53 bits per heavy atom. The van der Waals surface area contributed by atoms with Crippen LogP contribution < -0.4 is 0 Å². The summed E-state index contributed by atoms with van der Waals surface area (Å²) in [6.45, 7) is 4.25. The molecule has 1 aliphatic rings. The van der Waals surface area contributed by atoms with Crippen molar-refractivity contribution >= 4 is 5.97 Å². The van der Waals surface area contributed by atoms with Crippen molar-refractivity contribution in [2.45, 2.75) is 32.6 Å². The first-order chi connectivity index (χ1) is 8.17. The summed E-state index contributed by atoms with van der Waals surface area (Å²) in [5, 5.41) is 9.47. The van der Waals surface area contributed by atoms with Gasteiger partial charge in [0.2, 0.25) is 0 Å². The highest BCUT2D eigenvalue weighted by Crippen LogP contribution is 2.43. The Morgan fingerprint density at radius 3 is 2.94 bits per heavy atom. The highest BCUT2D eigenvalue weighted by molar-refractivity contribution is 5.74. The monoisotopic (exact) mass is 234 g/mol. The highest BCUT2D eigenvalue weighted by atomic mass is 16.5. The molecule has 1 aromatic carbocycles. The van der Waals surface area contributed by atoms with Crippen molar-refractivity contribution < 1.29 is 14.6 Å². The molecule has 0 fully saturated rings. The molecule has 0 amide bonds. The zero-order valence-corrected chi connectivity index (χ0v) is 10.3. The first-order valence-electron chi connectivity index (χ1n) is 6.15. The molecule has 0 radical (unpaired) electrons. The fraction of sp³-hybridized carbons (Fsp3) is 0.500. The van der Waals surface area contributed by atoms with E-state index in [1.165, 1.54) is 5.56 Å². The summed E-state index contributed by atoms with van der Waals surface area (Å²) in [4.78, 5) is 11.8. The van der Waals surface area contributed by atoms with Gasteiger partial charge in [-0.1, -0.05) is 13.0 Å². The standard InChI is InChI=1S/C14H18O3/c1-3-11(14(16)17-4-2)13-7-9-5-6-10(15)8-12(9)13/h5-6,8,11,13,15H,3-4,7H2,1-2H3. The van der Waals surface area contributed by atoms with Crippen molar-refractivity contribution in [2.24, 2.45) is 5.92 Å².